The van der Waals surface area contributed by atoms with Crippen LogP contribution in [-0.4, -0.2) is 56.5 Å². The lowest BCUT2D eigenvalue weighted by molar-refractivity contribution is 0.0847. The number of likely N-dealkylation sites (tertiary alicyclic amines) is 1. The monoisotopic (exact) mass is 432 g/mol. The molecule has 0 unspecified atom stereocenters. The molecule has 31 heavy (non-hydrogen) atoms. The third-order valence-electron chi connectivity index (χ3n) is 5.69. The zero-order valence-corrected chi connectivity index (χ0v) is 19.3. The molecule has 9 heteroatoms. The lowest BCUT2D eigenvalue weighted by Gasteiger charge is -2.41. The van der Waals surface area contributed by atoms with Crippen molar-refractivity contribution in [2.24, 2.45) is 11.7 Å². The lowest BCUT2D eigenvalue weighted by atomic mass is 9.89. The van der Waals surface area contributed by atoms with Crippen molar-refractivity contribution >= 4 is 6.03 Å². The van der Waals surface area contributed by atoms with Crippen LogP contribution in [0.5, 0.6) is 0 Å². The van der Waals surface area contributed by atoms with E-state index in [0.717, 1.165) is 30.0 Å². The highest BCUT2D eigenvalue weighted by molar-refractivity contribution is 5.73. The highest BCUT2D eigenvalue weighted by Crippen LogP contribution is 2.26. The van der Waals surface area contributed by atoms with Gasteiger partial charge in [-0.25, -0.2) is 4.79 Å². The molecule has 2 aromatic heterocycles. The van der Waals surface area contributed by atoms with Crippen LogP contribution >= 0.6 is 0 Å². The van der Waals surface area contributed by atoms with Crippen LogP contribution in [0.1, 0.15) is 64.0 Å². The van der Waals surface area contributed by atoms with Crippen molar-refractivity contribution in [1.29, 1.82) is 0 Å². The number of amides is 2. The molecule has 0 atom stereocenters. The van der Waals surface area contributed by atoms with Crippen molar-refractivity contribution < 1.29 is 4.79 Å². The summed E-state index contributed by atoms with van der Waals surface area (Å²) in [7, 11) is 0. The van der Waals surface area contributed by atoms with E-state index >= 15 is 0 Å². The van der Waals surface area contributed by atoms with Gasteiger partial charge < -0.3 is 16.4 Å². The molecule has 2 amide bonds. The molecule has 1 fully saturated rings. The van der Waals surface area contributed by atoms with Crippen LogP contribution in [0.2, 0.25) is 0 Å². The summed E-state index contributed by atoms with van der Waals surface area (Å²) in [5, 5.41) is 18.7. The first-order valence-corrected chi connectivity index (χ1v) is 11.3. The Morgan fingerprint density at radius 2 is 1.74 bits per heavy atom. The summed E-state index contributed by atoms with van der Waals surface area (Å²) < 4.78 is 0. The molecule has 1 aliphatic heterocycles. The Hall–Kier alpha value is -2.39. The number of carbonyl (C=O) groups is 1. The summed E-state index contributed by atoms with van der Waals surface area (Å²) in [5.74, 6) is 0.860. The minimum absolute atomic E-state index is 0.102. The topological polar surface area (TPSA) is 128 Å². The fourth-order valence-corrected chi connectivity index (χ4v) is 3.66. The van der Waals surface area contributed by atoms with Gasteiger partial charge >= 0.3 is 6.03 Å². The van der Waals surface area contributed by atoms with E-state index in [-0.39, 0.29) is 6.03 Å². The van der Waals surface area contributed by atoms with E-state index < -0.39 is 0 Å². The Labute approximate surface area is 185 Å². The first-order valence-electron chi connectivity index (χ1n) is 11.3. The van der Waals surface area contributed by atoms with Crippen LogP contribution in [0, 0.1) is 5.92 Å². The molecule has 0 saturated carbocycles. The van der Waals surface area contributed by atoms with Crippen LogP contribution in [0.25, 0.3) is 0 Å². The smallest absolute Gasteiger partial charge is 0.315 e. The number of hydrogen-bond acceptors (Lipinski definition) is 5. The normalized spacial score (nSPS) is 15.2. The number of hydrogen-bond donors (Lipinski definition) is 5. The number of aromatic amines is 2. The standard InChI is InChI=1S/C18H33N5O.C4H7N3/c1-18(2,3)23-10-7-15(8-11-23)6-4-5-9-19-17(24)20-12-16-13-21-22-14-16;5-1-4-2-6-7-3-4/h13-15H,4-12H2,1-3H3,(H,21,22)(H2,19,20,24);2-3H,1,5H2,(H,6,7). The van der Waals surface area contributed by atoms with Gasteiger partial charge in [-0.2, -0.15) is 10.2 Å². The molecule has 0 spiro atoms. The minimum atomic E-state index is -0.102. The highest BCUT2D eigenvalue weighted by atomic mass is 16.2. The van der Waals surface area contributed by atoms with Gasteiger partial charge in [-0.1, -0.05) is 12.8 Å². The molecule has 6 N–H and O–H groups in total. The number of aromatic nitrogens is 4. The summed E-state index contributed by atoms with van der Waals surface area (Å²) in [4.78, 5) is 14.3. The molecule has 174 valence electrons. The van der Waals surface area contributed by atoms with Crippen molar-refractivity contribution in [1.82, 2.24) is 35.9 Å². The van der Waals surface area contributed by atoms with E-state index in [1.54, 1.807) is 24.8 Å². The molecule has 0 aromatic carbocycles. The van der Waals surface area contributed by atoms with E-state index in [1.807, 2.05) is 0 Å². The highest BCUT2D eigenvalue weighted by Gasteiger charge is 2.26. The number of nitrogens with two attached hydrogens (primary N) is 1. The van der Waals surface area contributed by atoms with E-state index in [4.69, 9.17) is 5.73 Å². The minimum Gasteiger partial charge on any atom is -0.338 e. The van der Waals surface area contributed by atoms with Crippen LogP contribution in [0.4, 0.5) is 4.79 Å². The number of rotatable bonds is 8. The second-order valence-corrected chi connectivity index (χ2v) is 9.12. The SMILES string of the molecule is CC(C)(C)N1CCC(CCCCNC(=O)NCc2cn[nH]c2)CC1.NCc1cn[nH]c1. The second-order valence-electron chi connectivity index (χ2n) is 9.12. The van der Waals surface area contributed by atoms with Gasteiger partial charge in [-0.3, -0.25) is 15.1 Å². The number of unbranched alkanes of at least 4 members (excludes halogenated alkanes) is 1. The van der Waals surface area contributed by atoms with Crippen LogP contribution in [0.15, 0.2) is 24.8 Å². The van der Waals surface area contributed by atoms with E-state index in [1.165, 1.54) is 38.8 Å². The number of urea groups is 1. The summed E-state index contributed by atoms with van der Waals surface area (Å²) in [6.07, 6.45) is 13.2. The number of H-pyrrole nitrogens is 2. The van der Waals surface area contributed by atoms with Gasteiger partial charge in [-0.05, 0) is 59.0 Å². The van der Waals surface area contributed by atoms with Crippen molar-refractivity contribution in [2.45, 2.75) is 71.5 Å². The molecule has 3 rings (SSSR count). The molecule has 9 nitrogen and oxygen atoms in total. The molecule has 2 aromatic rings. The molecular formula is C22H40N8O. The third-order valence-corrected chi connectivity index (χ3v) is 5.69. The summed E-state index contributed by atoms with van der Waals surface area (Å²) in [6.45, 7) is 11.2. The van der Waals surface area contributed by atoms with E-state index in [9.17, 15) is 4.79 Å². The quantitative estimate of drug-likeness (QED) is 0.410. The number of nitrogens with one attached hydrogen (secondary N) is 4. The molecule has 1 saturated heterocycles. The second kappa shape index (κ2) is 13.1. The number of piperidine rings is 1. The van der Waals surface area contributed by atoms with Crippen LogP contribution in [0.3, 0.4) is 0 Å². The van der Waals surface area contributed by atoms with Crippen LogP contribution < -0.4 is 16.4 Å². The van der Waals surface area contributed by atoms with Crippen molar-refractivity contribution in [2.75, 3.05) is 19.6 Å². The van der Waals surface area contributed by atoms with Gasteiger partial charge in [0.25, 0.3) is 0 Å². The largest absolute Gasteiger partial charge is 0.338 e. The number of nitrogens with zero attached hydrogens (tertiary/aromatic N) is 3. The Balaban J connectivity index is 0.000000412. The van der Waals surface area contributed by atoms with Gasteiger partial charge in [0.15, 0.2) is 0 Å². The maximum atomic E-state index is 11.7. The maximum absolute atomic E-state index is 11.7. The lowest BCUT2D eigenvalue weighted by Crippen LogP contribution is -2.46. The van der Waals surface area contributed by atoms with Gasteiger partial charge in [-0.15, -0.1) is 0 Å². The molecule has 3 heterocycles. The van der Waals surface area contributed by atoms with Crippen molar-refractivity contribution in [3.8, 4) is 0 Å². The van der Waals surface area contributed by atoms with E-state index in [2.05, 4.69) is 56.7 Å². The Morgan fingerprint density at radius 3 is 2.26 bits per heavy atom. The molecule has 1 aliphatic rings. The average Bonchev–Trinajstić information content (AvgIpc) is 3.46. The van der Waals surface area contributed by atoms with Gasteiger partial charge in [0, 0.05) is 48.7 Å². The number of carbonyl (C=O) groups excluding carboxylic acids is 1. The summed E-state index contributed by atoms with van der Waals surface area (Å²) in [5.41, 5.74) is 7.56. The van der Waals surface area contributed by atoms with Crippen molar-refractivity contribution in [3.05, 3.63) is 35.9 Å². The summed E-state index contributed by atoms with van der Waals surface area (Å²) >= 11 is 0. The predicted octanol–water partition coefficient (Wildman–Crippen LogP) is 2.76. The van der Waals surface area contributed by atoms with E-state index in [0.29, 0.717) is 18.6 Å². The Bertz CT molecular complexity index is 700. The van der Waals surface area contributed by atoms with Gasteiger partial charge in [0.1, 0.15) is 0 Å². The molecular weight excluding hydrogens is 392 g/mol. The molecule has 0 aliphatic carbocycles. The molecule has 0 radical (unpaired) electrons. The van der Waals surface area contributed by atoms with Crippen LogP contribution in [-0.2, 0) is 13.1 Å². The zero-order chi connectivity index (χ0) is 22.5. The predicted molar refractivity (Wildman–Crippen MR) is 123 cm³/mol. The zero-order valence-electron chi connectivity index (χ0n) is 19.3. The Morgan fingerprint density at radius 1 is 1.10 bits per heavy atom. The fourth-order valence-electron chi connectivity index (χ4n) is 3.66. The fraction of sp³-hybridized carbons (Fsp3) is 0.682. The van der Waals surface area contributed by atoms with Gasteiger partial charge in [0.2, 0.25) is 0 Å². The Kier molecular flexibility index (Phi) is 10.5. The van der Waals surface area contributed by atoms with Gasteiger partial charge in [0.05, 0.1) is 12.4 Å². The molecule has 0 bridgehead atoms. The summed E-state index contributed by atoms with van der Waals surface area (Å²) in [6, 6.07) is -0.102. The third kappa shape index (κ3) is 9.97. The first kappa shape index (κ1) is 24.9. The van der Waals surface area contributed by atoms with Crippen molar-refractivity contribution in [3.63, 3.8) is 0 Å². The first-order chi connectivity index (χ1) is 14.9. The maximum Gasteiger partial charge on any atom is 0.315 e. The average molecular weight is 433 g/mol.